The van der Waals surface area contributed by atoms with Crippen LogP contribution in [-0.4, -0.2) is 0 Å². The minimum Gasteiger partial charge on any atom is -0.142 e. The summed E-state index contributed by atoms with van der Waals surface area (Å²) in [5.74, 6) is 0. The average Bonchev–Trinajstić information content (AvgIpc) is 2.30. The van der Waals surface area contributed by atoms with Gasteiger partial charge in [0, 0.05) is 13.2 Å². The Kier molecular flexibility index (Phi) is 2.56. The highest BCUT2D eigenvalue weighted by Crippen LogP contribution is 2.32. The van der Waals surface area contributed by atoms with E-state index in [1.807, 2.05) is 6.07 Å². The quantitative estimate of drug-likeness (QED) is 0.537. The first kappa shape index (κ1) is 9.12. The highest BCUT2D eigenvalue weighted by Gasteiger charge is 2.02. The maximum absolute atomic E-state index is 5.88. The van der Waals surface area contributed by atoms with Crippen LogP contribution in [0.5, 0.6) is 0 Å². The van der Waals surface area contributed by atoms with E-state index in [1.54, 1.807) is 11.3 Å². The molecule has 2 aromatic rings. The number of benzene rings is 1. The molecule has 0 aliphatic heterocycles. The zero-order valence-corrected chi connectivity index (χ0v) is 10.5. The Balaban J connectivity index is 2.83. The zero-order chi connectivity index (χ0) is 8.72. The summed E-state index contributed by atoms with van der Waals surface area (Å²) in [5, 5.41) is 1.20. The van der Waals surface area contributed by atoms with E-state index in [0.717, 1.165) is 12.8 Å². The second-order valence-electron chi connectivity index (χ2n) is 2.39. The summed E-state index contributed by atoms with van der Waals surface area (Å²) in [5.41, 5.74) is 0. The van der Waals surface area contributed by atoms with E-state index in [-0.39, 0.29) is 0 Å². The monoisotopic (exact) mass is 326 g/mol. The summed E-state index contributed by atoms with van der Waals surface area (Å²) in [6.45, 7) is 0. The molecule has 0 radical (unpaired) electrons. The van der Waals surface area contributed by atoms with Crippen molar-refractivity contribution in [2.75, 3.05) is 0 Å². The molecule has 0 spiro atoms. The lowest BCUT2D eigenvalue weighted by atomic mass is 10.3. The molecule has 1 aromatic heterocycles. The Labute approximate surface area is 98.5 Å². The minimum absolute atomic E-state index is 0.833. The largest absolute Gasteiger partial charge is 0.142 e. The van der Waals surface area contributed by atoms with E-state index >= 15 is 0 Å². The molecule has 0 nitrogen and oxygen atoms in total. The number of thiol groups is 1. The highest BCUT2D eigenvalue weighted by atomic mass is 127. The molecule has 1 heterocycles. The lowest BCUT2D eigenvalue weighted by Gasteiger charge is -1.95. The van der Waals surface area contributed by atoms with Crippen LogP contribution in [0.15, 0.2) is 23.1 Å². The van der Waals surface area contributed by atoms with E-state index in [1.165, 1.54) is 10.1 Å². The van der Waals surface area contributed by atoms with Crippen LogP contribution in [0.3, 0.4) is 0 Å². The van der Waals surface area contributed by atoms with Gasteiger partial charge >= 0.3 is 0 Å². The van der Waals surface area contributed by atoms with Crippen molar-refractivity contribution in [1.29, 1.82) is 0 Å². The van der Waals surface area contributed by atoms with Gasteiger partial charge in [0.15, 0.2) is 0 Å². The molecule has 0 atom stereocenters. The smallest absolute Gasteiger partial charge is 0.0940 e. The molecule has 62 valence electrons. The molecular weight excluding hydrogens is 323 g/mol. The van der Waals surface area contributed by atoms with E-state index in [4.69, 9.17) is 11.6 Å². The van der Waals surface area contributed by atoms with Gasteiger partial charge in [0.05, 0.1) is 4.34 Å². The molecule has 0 aliphatic rings. The molecule has 2 rings (SSSR count). The lowest BCUT2D eigenvalue weighted by molar-refractivity contribution is 1.47. The number of thiophene rings is 1. The Bertz CT molecular complexity index is 397. The van der Waals surface area contributed by atoms with Crippen molar-refractivity contribution in [3.8, 4) is 0 Å². The Hall–Kier alpha value is 0.550. The Morgan fingerprint density at radius 1 is 1.33 bits per heavy atom. The van der Waals surface area contributed by atoms with Gasteiger partial charge in [-0.05, 0) is 46.2 Å². The van der Waals surface area contributed by atoms with Crippen LogP contribution >= 0.6 is 58.2 Å². The Morgan fingerprint density at radius 2 is 2.08 bits per heavy atom. The summed E-state index contributed by atoms with van der Waals surface area (Å²) in [4.78, 5) is 1.02. The molecule has 0 fully saturated rings. The summed E-state index contributed by atoms with van der Waals surface area (Å²) in [7, 11) is 0. The fourth-order valence-corrected chi connectivity index (χ4v) is 2.96. The van der Waals surface area contributed by atoms with Crippen molar-refractivity contribution in [2.45, 2.75) is 4.90 Å². The molecule has 0 saturated carbocycles. The Morgan fingerprint density at radius 3 is 2.83 bits per heavy atom. The van der Waals surface area contributed by atoms with E-state index < -0.39 is 0 Å². The topological polar surface area (TPSA) is 0 Å². The van der Waals surface area contributed by atoms with E-state index in [2.05, 4.69) is 47.4 Å². The predicted octanol–water partition coefficient (Wildman–Crippen LogP) is 4.45. The molecule has 0 bridgehead atoms. The molecule has 0 N–H and O–H groups in total. The van der Waals surface area contributed by atoms with Crippen LogP contribution in [0.4, 0.5) is 0 Å². The standard InChI is InChI=1S/C8H4ClIS2/c9-8-2-4-1-5(10)6(11)3-7(4)12-8/h1-3,11H. The normalized spacial score (nSPS) is 10.9. The van der Waals surface area contributed by atoms with Crippen LogP contribution in [0.1, 0.15) is 0 Å². The average molecular weight is 327 g/mol. The summed E-state index contributed by atoms with van der Waals surface area (Å²) >= 11 is 14.1. The number of halogens is 2. The van der Waals surface area contributed by atoms with Crippen LogP contribution in [-0.2, 0) is 0 Å². The van der Waals surface area contributed by atoms with E-state index in [9.17, 15) is 0 Å². The maximum Gasteiger partial charge on any atom is 0.0940 e. The van der Waals surface area contributed by atoms with Gasteiger partial charge in [0.1, 0.15) is 0 Å². The fourth-order valence-electron chi connectivity index (χ4n) is 1.02. The second-order valence-corrected chi connectivity index (χ2v) is 5.75. The van der Waals surface area contributed by atoms with Gasteiger partial charge in [0.2, 0.25) is 0 Å². The predicted molar refractivity (Wildman–Crippen MR) is 66.8 cm³/mol. The molecule has 4 heteroatoms. The van der Waals surface area contributed by atoms with Crippen molar-refractivity contribution in [3.63, 3.8) is 0 Å². The van der Waals surface area contributed by atoms with Gasteiger partial charge in [-0.1, -0.05) is 11.6 Å². The van der Waals surface area contributed by atoms with E-state index in [0.29, 0.717) is 0 Å². The van der Waals surface area contributed by atoms with Gasteiger partial charge in [-0.3, -0.25) is 0 Å². The van der Waals surface area contributed by atoms with Crippen LogP contribution in [0.25, 0.3) is 10.1 Å². The van der Waals surface area contributed by atoms with Gasteiger partial charge in [-0.25, -0.2) is 0 Å². The number of hydrogen-bond donors (Lipinski definition) is 1. The van der Waals surface area contributed by atoms with Crippen molar-refractivity contribution in [1.82, 2.24) is 0 Å². The van der Waals surface area contributed by atoms with Gasteiger partial charge < -0.3 is 0 Å². The molecule has 0 unspecified atom stereocenters. The third-order valence-corrected chi connectivity index (χ3v) is 4.47. The van der Waals surface area contributed by atoms with Crippen molar-refractivity contribution in [2.24, 2.45) is 0 Å². The highest BCUT2D eigenvalue weighted by molar-refractivity contribution is 14.1. The van der Waals surface area contributed by atoms with Gasteiger partial charge in [-0.2, -0.15) is 0 Å². The first-order chi connectivity index (χ1) is 5.66. The van der Waals surface area contributed by atoms with Crippen LogP contribution < -0.4 is 0 Å². The first-order valence-electron chi connectivity index (χ1n) is 3.24. The minimum atomic E-state index is 0.833. The molecule has 12 heavy (non-hydrogen) atoms. The SMILES string of the molecule is Sc1cc2sc(Cl)cc2cc1I. The van der Waals surface area contributed by atoms with Crippen molar-refractivity contribution < 1.29 is 0 Å². The molecule has 0 saturated heterocycles. The van der Waals surface area contributed by atoms with Crippen LogP contribution in [0.2, 0.25) is 4.34 Å². The number of fused-ring (bicyclic) bond motifs is 1. The van der Waals surface area contributed by atoms with Gasteiger partial charge in [0.25, 0.3) is 0 Å². The number of hydrogen-bond acceptors (Lipinski definition) is 2. The lowest BCUT2D eigenvalue weighted by Crippen LogP contribution is -1.72. The first-order valence-corrected chi connectivity index (χ1v) is 5.96. The molecule has 0 amide bonds. The third-order valence-electron chi connectivity index (χ3n) is 1.56. The summed E-state index contributed by atoms with van der Waals surface area (Å²) in [6, 6.07) is 6.13. The van der Waals surface area contributed by atoms with Crippen molar-refractivity contribution in [3.05, 3.63) is 26.1 Å². The zero-order valence-electron chi connectivity index (χ0n) is 5.84. The summed E-state index contributed by atoms with van der Waals surface area (Å²) < 4.78 is 3.20. The van der Waals surface area contributed by atoms with Gasteiger partial charge in [-0.15, -0.1) is 24.0 Å². The molecule has 1 aromatic carbocycles. The molecular formula is C8H4ClIS2. The van der Waals surface area contributed by atoms with Crippen LogP contribution in [0, 0.1) is 3.57 Å². The maximum atomic E-state index is 5.88. The fraction of sp³-hybridized carbons (Fsp3) is 0. The van der Waals surface area contributed by atoms with Crippen molar-refractivity contribution >= 4 is 68.2 Å². The number of rotatable bonds is 0. The summed E-state index contributed by atoms with van der Waals surface area (Å²) in [6.07, 6.45) is 0. The third kappa shape index (κ3) is 1.60. The second kappa shape index (κ2) is 3.36. The molecule has 0 aliphatic carbocycles.